The van der Waals surface area contributed by atoms with Gasteiger partial charge in [0.2, 0.25) is 21.8 Å². The number of halogens is 3. The highest BCUT2D eigenvalue weighted by atomic mass is 35.5. The molecule has 0 spiro atoms. The number of nitrogens with one attached hydrogen (secondary N) is 1. The Kier molecular flexibility index (Phi) is 11.8. The topological polar surface area (TPSA) is 86.8 Å². The minimum absolute atomic E-state index is 0.0541. The molecule has 198 valence electrons. The van der Waals surface area contributed by atoms with Gasteiger partial charge in [-0.05, 0) is 61.2 Å². The fourth-order valence-corrected chi connectivity index (χ4v) is 5.14. The molecule has 7 nitrogen and oxygen atoms in total. The molecule has 2 amide bonds. The highest BCUT2D eigenvalue weighted by molar-refractivity contribution is 7.92. The molecule has 0 saturated carbocycles. The minimum Gasteiger partial charge on any atom is -0.354 e. The summed E-state index contributed by atoms with van der Waals surface area (Å²) >= 11 is 18.1. The second kappa shape index (κ2) is 14.1. The number of sulfonamides is 1. The molecule has 1 unspecified atom stereocenters. The van der Waals surface area contributed by atoms with E-state index in [1.807, 2.05) is 13.8 Å². The predicted octanol–water partition coefficient (Wildman–Crippen LogP) is 5.53. The van der Waals surface area contributed by atoms with Gasteiger partial charge in [0.1, 0.15) is 6.04 Å². The quantitative estimate of drug-likeness (QED) is 0.340. The zero-order valence-electron chi connectivity index (χ0n) is 20.6. The van der Waals surface area contributed by atoms with Gasteiger partial charge in [0.25, 0.3) is 0 Å². The number of rotatable bonds is 13. The van der Waals surface area contributed by atoms with E-state index in [4.69, 9.17) is 34.8 Å². The maximum atomic E-state index is 13.4. The number of carbonyl (C=O) groups excluding carboxylic acids is 2. The lowest BCUT2D eigenvalue weighted by molar-refractivity contribution is -0.141. The van der Waals surface area contributed by atoms with Crippen LogP contribution < -0.4 is 9.62 Å². The van der Waals surface area contributed by atoms with Gasteiger partial charge >= 0.3 is 0 Å². The molecule has 0 saturated heterocycles. The molecule has 0 aliphatic heterocycles. The summed E-state index contributed by atoms with van der Waals surface area (Å²) in [6, 6.07) is 10.9. The Morgan fingerprint density at radius 3 is 2.22 bits per heavy atom. The molecule has 1 atom stereocenters. The average molecular weight is 577 g/mol. The van der Waals surface area contributed by atoms with Crippen molar-refractivity contribution in [1.82, 2.24) is 10.2 Å². The van der Waals surface area contributed by atoms with Crippen LogP contribution in [0.15, 0.2) is 42.5 Å². The molecule has 0 aliphatic rings. The van der Waals surface area contributed by atoms with Gasteiger partial charge in [-0.15, -0.1) is 0 Å². The summed E-state index contributed by atoms with van der Waals surface area (Å²) in [7, 11) is -3.58. The second-order valence-corrected chi connectivity index (χ2v) is 11.6. The number of carbonyl (C=O) groups is 2. The van der Waals surface area contributed by atoms with E-state index in [2.05, 4.69) is 5.32 Å². The number of nitrogens with zero attached hydrogens (tertiary/aromatic N) is 2. The zero-order chi connectivity index (χ0) is 26.9. The first kappa shape index (κ1) is 30.2. The smallest absolute Gasteiger partial charge is 0.242 e. The van der Waals surface area contributed by atoms with E-state index in [0.717, 1.165) is 18.2 Å². The second-order valence-electron chi connectivity index (χ2n) is 8.40. The number of anilines is 1. The van der Waals surface area contributed by atoms with Crippen LogP contribution in [0, 0.1) is 0 Å². The van der Waals surface area contributed by atoms with Crippen molar-refractivity contribution in [2.24, 2.45) is 0 Å². The van der Waals surface area contributed by atoms with Gasteiger partial charge in [-0.25, -0.2) is 8.42 Å². The van der Waals surface area contributed by atoms with Crippen LogP contribution in [0.25, 0.3) is 0 Å². The summed E-state index contributed by atoms with van der Waals surface area (Å²) in [5, 5.41) is 4.12. The standard InChI is InChI=1S/C25H32Cl3N3O4S/c1-4-14-29-25(33)23(5-2)30(17-18-8-13-21(27)22(28)16-18)24(32)7-6-15-31(36(3,34)35)20-11-9-19(26)10-12-20/h8-13,16,23H,4-7,14-15,17H2,1-3H3,(H,29,33). The van der Waals surface area contributed by atoms with Crippen LogP contribution in [-0.2, 0) is 26.2 Å². The molecule has 0 radical (unpaired) electrons. The van der Waals surface area contributed by atoms with Gasteiger partial charge < -0.3 is 10.2 Å². The predicted molar refractivity (Wildman–Crippen MR) is 147 cm³/mol. The molecule has 0 aromatic heterocycles. The monoisotopic (exact) mass is 575 g/mol. The molecular weight excluding hydrogens is 545 g/mol. The lowest BCUT2D eigenvalue weighted by Crippen LogP contribution is -2.49. The molecule has 2 aromatic rings. The first-order valence-electron chi connectivity index (χ1n) is 11.7. The lowest BCUT2D eigenvalue weighted by atomic mass is 10.1. The van der Waals surface area contributed by atoms with Gasteiger partial charge in [-0.1, -0.05) is 54.7 Å². The van der Waals surface area contributed by atoms with Gasteiger partial charge in [-0.3, -0.25) is 13.9 Å². The molecule has 0 fully saturated rings. The van der Waals surface area contributed by atoms with E-state index in [1.165, 1.54) is 9.21 Å². The molecular formula is C25H32Cl3N3O4S. The van der Waals surface area contributed by atoms with Crippen molar-refractivity contribution in [3.8, 4) is 0 Å². The third-order valence-electron chi connectivity index (χ3n) is 5.54. The van der Waals surface area contributed by atoms with Crippen molar-refractivity contribution in [3.63, 3.8) is 0 Å². The first-order valence-corrected chi connectivity index (χ1v) is 14.7. The Labute approximate surface area is 228 Å². The summed E-state index contributed by atoms with van der Waals surface area (Å²) < 4.78 is 26.0. The van der Waals surface area contributed by atoms with E-state index in [1.54, 1.807) is 42.5 Å². The van der Waals surface area contributed by atoms with Crippen molar-refractivity contribution in [1.29, 1.82) is 0 Å². The Morgan fingerprint density at radius 1 is 1.00 bits per heavy atom. The lowest BCUT2D eigenvalue weighted by Gasteiger charge is -2.31. The number of hydrogen-bond acceptors (Lipinski definition) is 4. The van der Waals surface area contributed by atoms with Crippen LogP contribution in [0.1, 0.15) is 45.1 Å². The van der Waals surface area contributed by atoms with Crippen LogP contribution in [0.4, 0.5) is 5.69 Å². The van der Waals surface area contributed by atoms with Crippen molar-refractivity contribution in [3.05, 3.63) is 63.1 Å². The summed E-state index contributed by atoms with van der Waals surface area (Å²) in [4.78, 5) is 27.8. The summed E-state index contributed by atoms with van der Waals surface area (Å²) in [5.74, 6) is -0.490. The van der Waals surface area contributed by atoms with Gasteiger partial charge in [-0.2, -0.15) is 0 Å². The van der Waals surface area contributed by atoms with E-state index < -0.39 is 16.1 Å². The molecule has 11 heteroatoms. The fourth-order valence-electron chi connectivity index (χ4n) is 3.73. The molecule has 0 aliphatic carbocycles. The normalized spacial score (nSPS) is 12.2. The van der Waals surface area contributed by atoms with Crippen LogP contribution >= 0.6 is 34.8 Å². The van der Waals surface area contributed by atoms with E-state index in [9.17, 15) is 18.0 Å². The first-order chi connectivity index (χ1) is 17.0. The third kappa shape index (κ3) is 8.83. The van der Waals surface area contributed by atoms with Gasteiger partial charge in [0.05, 0.1) is 22.0 Å². The number of benzene rings is 2. The van der Waals surface area contributed by atoms with Crippen LogP contribution in [-0.4, -0.2) is 50.5 Å². The Balaban J connectivity index is 2.22. The van der Waals surface area contributed by atoms with Crippen LogP contribution in [0.2, 0.25) is 15.1 Å². The van der Waals surface area contributed by atoms with Crippen molar-refractivity contribution in [2.75, 3.05) is 23.7 Å². The fraction of sp³-hybridized carbons (Fsp3) is 0.440. The molecule has 0 heterocycles. The third-order valence-corrected chi connectivity index (χ3v) is 7.72. The number of hydrogen-bond donors (Lipinski definition) is 1. The van der Waals surface area contributed by atoms with Crippen LogP contribution in [0.5, 0.6) is 0 Å². The highest BCUT2D eigenvalue weighted by Crippen LogP contribution is 2.25. The van der Waals surface area contributed by atoms with Crippen LogP contribution in [0.3, 0.4) is 0 Å². The zero-order valence-corrected chi connectivity index (χ0v) is 23.7. The maximum absolute atomic E-state index is 13.4. The van der Waals surface area contributed by atoms with Crippen molar-refractivity contribution >= 4 is 62.3 Å². The largest absolute Gasteiger partial charge is 0.354 e. The van der Waals surface area contributed by atoms with Gasteiger partial charge in [0.15, 0.2) is 0 Å². The molecule has 36 heavy (non-hydrogen) atoms. The summed E-state index contributed by atoms with van der Waals surface area (Å²) in [6.07, 6.45) is 2.63. The van der Waals surface area contributed by atoms with E-state index in [0.29, 0.717) is 33.7 Å². The Morgan fingerprint density at radius 2 is 1.67 bits per heavy atom. The average Bonchev–Trinajstić information content (AvgIpc) is 2.82. The molecule has 2 aromatic carbocycles. The Hall–Kier alpha value is -2.00. The summed E-state index contributed by atoms with van der Waals surface area (Å²) in [5.41, 5.74) is 1.20. The van der Waals surface area contributed by atoms with Crippen molar-refractivity contribution in [2.45, 2.75) is 52.1 Å². The minimum atomic E-state index is -3.58. The highest BCUT2D eigenvalue weighted by Gasteiger charge is 2.28. The maximum Gasteiger partial charge on any atom is 0.242 e. The van der Waals surface area contributed by atoms with Gasteiger partial charge in [0, 0.05) is 31.1 Å². The number of amides is 2. The van der Waals surface area contributed by atoms with E-state index >= 15 is 0 Å². The summed E-state index contributed by atoms with van der Waals surface area (Å²) in [6.45, 7) is 4.58. The molecule has 2 rings (SSSR count). The molecule has 0 bridgehead atoms. The van der Waals surface area contributed by atoms with E-state index in [-0.39, 0.29) is 37.7 Å². The Bertz CT molecular complexity index is 1140. The molecule has 1 N–H and O–H groups in total. The SMILES string of the molecule is CCCNC(=O)C(CC)N(Cc1ccc(Cl)c(Cl)c1)C(=O)CCCN(c1ccc(Cl)cc1)S(C)(=O)=O. The van der Waals surface area contributed by atoms with Crippen molar-refractivity contribution < 1.29 is 18.0 Å².